The Bertz CT molecular complexity index is 1280. The number of cyclic esters (lactones) is 1. The van der Waals surface area contributed by atoms with E-state index in [1.54, 1.807) is 24.3 Å². The number of alkyl halides is 3. The maximum Gasteiger partial charge on any atom is 0.416 e. The molecule has 3 aromatic rings. The van der Waals surface area contributed by atoms with Crippen molar-refractivity contribution >= 4 is 12.0 Å². The number of halogens is 4. The molecule has 34 heavy (non-hydrogen) atoms. The van der Waals surface area contributed by atoms with Crippen LogP contribution in [0.4, 0.5) is 17.6 Å². The Hall–Kier alpha value is -3.48. The third kappa shape index (κ3) is 4.11. The number of hydrogen-bond acceptors (Lipinski definition) is 3. The SMILES string of the molecule is Cc1cc(F)c2c(c1)[C@H](/C=C/c1ccc(-c3cccc(C(F)(F)F)c3)cn1)[C@H]1COC(=O)[C@H]1C2. The lowest BCUT2D eigenvalue weighted by atomic mass is 9.69. The van der Waals surface area contributed by atoms with Crippen LogP contribution >= 0.6 is 0 Å². The number of carbonyl (C=O) groups is 1. The van der Waals surface area contributed by atoms with E-state index in [9.17, 15) is 22.4 Å². The number of aryl methyl sites for hydroxylation is 1. The normalized spacial score (nSPS) is 21.9. The summed E-state index contributed by atoms with van der Waals surface area (Å²) in [6, 6.07) is 12.0. The quantitative estimate of drug-likeness (QED) is 0.333. The van der Waals surface area contributed by atoms with Gasteiger partial charge in [0.2, 0.25) is 0 Å². The van der Waals surface area contributed by atoms with Crippen LogP contribution in [0.15, 0.2) is 60.8 Å². The average Bonchev–Trinajstić information content (AvgIpc) is 3.17. The lowest BCUT2D eigenvalue weighted by Crippen LogP contribution is -2.30. The highest BCUT2D eigenvalue weighted by atomic mass is 19.4. The van der Waals surface area contributed by atoms with Crippen molar-refractivity contribution in [2.24, 2.45) is 11.8 Å². The summed E-state index contributed by atoms with van der Waals surface area (Å²) in [7, 11) is 0. The third-order valence-corrected chi connectivity index (χ3v) is 6.64. The lowest BCUT2D eigenvalue weighted by Gasteiger charge is -2.32. The molecule has 7 heteroatoms. The zero-order valence-corrected chi connectivity index (χ0v) is 18.3. The fourth-order valence-electron chi connectivity index (χ4n) is 4.93. The minimum Gasteiger partial charge on any atom is -0.465 e. The molecule has 1 aliphatic heterocycles. The number of fused-ring (bicyclic) bond motifs is 2. The van der Waals surface area contributed by atoms with Crippen molar-refractivity contribution in [3.05, 3.63) is 94.6 Å². The minimum absolute atomic E-state index is 0.0816. The molecule has 0 N–H and O–H groups in total. The van der Waals surface area contributed by atoms with Gasteiger partial charge in [-0.15, -0.1) is 0 Å². The van der Waals surface area contributed by atoms with Crippen LogP contribution in [0.1, 0.15) is 33.9 Å². The molecule has 0 amide bonds. The van der Waals surface area contributed by atoms with Gasteiger partial charge in [0.25, 0.3) is 0 Å². The number of ether oxygens (including phenoxy) is 1. The molecule has 5 rings (SSSR count). The van der Waals surface area contributed by atoms with Gasteiger partial charge in [-0.2, -0.15) is 13.2 Å². The van der Waals surface area contributed by atoms with Gasteiger partial charge < -0.3 is 4.74 Å². The van der Waals surface area contributed by atoms with Gasteiger partial charge in [0.1, 0.15) is 5.82 Å². The van der Waals surface area contributed by atoms with E-state index in [0.29, 0.717) is 28.8 Å². The topological polar surface area (TPSA) is 39.2 Å². The molecular weight excluding hydrogens is 446 g/mol. The first-order valence-corrected chi connectivity index (χ1v) is 11.0. The van der Waals surface area contributed by atoms with Crippen LogP contribution in [0.2, 0.25) is 0 Å². The molecule has 2 aliphatic rings. The van der Waals surface area contributed by atoms with Crippen LogP contribution in [0, 0.1) is 24.6 Å². The smallest absolute Gasteiger partial charge is 0.416 e. The fraction of sp³-hybridized carbons (Fsp3) is 0.259. The Kier molecular flexibility index (Phi) is 5.50. The third-order valence-electron chi connectivity index (χ3n) is 6.64. The zero-order chi connectivity index (χ0) is 24.0. The molecule has 0 radical (unpaired) electrons. The predicted octanol–water partition coefficient (Wildman–Crippen LogP) is 6.36. The summed E-state index contributed by atoms with van der Waals surface area (Å²) < 4.78 is 59.0. The number of pyridine rings is 1. The summed E-state index contributed by atoms with van der Waals surface area (Å²) in [4.78, 5) is 16.6. The molecule has 2 heterocycles. The van der Waals surface area contributed by atoms with Crippen LogP contribution in [0.3, 0.4) is 0 Å². The molecule has 1 saturated heterocycles. The van der Waals surface area contributed by atoms with Gasteiger partial charge in [-0.1, -0.05) is 30.3 Å². The van der Waals surface area contributed by atoms with E-state index in [-0.39, 0.29) is 36.1 Å². The van der Waals surface area contributed by atoms with E-state index in [1.165, 1.54) is 18.3 Å². The fourth-order valence-corrected chi connectivity index (χ4v) is 4.93. The number of aromatic nitrogens is 1. The number of benzene rings is 2. The van der Waals surface area contributed by atoms with E-state index >= 15 is 0 Å². The summed E-state index contributed by atoms with van der Waals surface area (Å²) >= 11 is 0. The van der Waals surface area contributed by atoms with Gasteiger partial charge >= 0.3 is 12.1 Å². The average molecular weight is 467 g/mol. The molecule has 0 saturated carbocycles. The Morgan fingerprint density at radius 2 is 1.91 bits per heavy atom. The second-order valence-electron chi connectivity index (χ2n) is 8.85. The molecule has 3 atom stereocenters. The minimum atomic E-state index is -4.41. The number of rotatable bonds is 3. The molecule has 0 spiro atoms. The highest BCUT2D eigenvalue weighted by Crippen LogP contribution is 2.45. The summed E-state index contributed by atoms with van der Waals surface area (Å²) in [5.74, 6) is -1.27. The van der Waals surface area contributed by atoms with Gasteiger partial charge in [-0.3, -0.25) is 9.78 Å². The molecule has 0 unspecified atom stereocenters. The van der Waals surface area contributed by atoms with Gasteiger partial charge in [0, 0.05) is 23.6 Å². The van der Waals surface area contributed by atoms with Crippen LogP contribution in [0.5, 0.6) is 0 Å². The predicted molar refractivity (Wildman–Crippen MR) is 119 cm³/mol. The highest BCUT2D eigenvalue weighted by Gasteiger charge is 2.46. The number of hydrogen-bond donors (Lipinski definition) is 0. The molecule has 1 aliphatic carbocycles. The lowest BCUT2D eigenvalue weighted by molar-refractivity contribution is -0.141. The van der Waals surface area contributed by atoms with Crippen molar-refractivity contribution in [2.75, 3.05) is 6.61 Å². The van der Waals surface area contributed by atoms with E-state index < -0.39 is 11.7 Å². The van der Waals surface area contributed by atoms with Crippen LogP contribution in [0.25, 0.3) is 17.2 Å². The van der Waals surface area contributed by atoms with E-state index in [0.717, 1.165) is 23.3 Å². The summed E-state index contributed by atoms with van der Waals surface area (Å²) in [5, 5.41) is 0. The number of carbonyl (C=O) groups excluding carboxylic acids is 1. The Balaban J connectivity index is 1.44. The van der Waals surface area contributed by atoms with Crippen molar-refractivity contribution in [1.29, 1.82) is 0 Å². The monoisotopic (exact) mass is 467 g/mol. The molecule has 3 nitrogen and oxygen atoms in total. The number of nitrogens with zero attached hydrogens (tertiary/aromatic N) is 1. The van der Waals surface area contributed by atoms with Gasteiger partial charge in [-0.05, 0) is 65.9 Å². The largest absolute Gasteiger partial charge is 0.465 e. The van der Waals surface area contributed by atoms with Crippen molar-refractivity contribution in [2.45, 2.75) is 25.4 Å². The van der Waals surface area contributed by atoms with E-state index in [2.05, 4.69) is 4.98 Å². The zero-order valence-electron chi connectivity index (χ0n) is 18.3. The van der Waals surface area contributed by atoms with Gasteiger partial charge in [0.15, 0.2) is 0 Å². The molecule has 1 aromatic heterocycles. The molecule has 0 bridgehead atoms. The first-order chi connectivity index (χ1) is 16.2. The summed E-state index contributed by atoms with van der Waals surface area (Å²) in [6.07, 6.45) is 1.17. The second-order valence-corrected chi connectivity index (χ2v) is 8.85. The van der Waals surface area contributed by atoms with Crippen molar-refractivity contribution < 1.29 is 27.1 Å². The molecular formula is C27H21F4NO2. The maximum absolute atomic E-state index is 14.7. The van der Waals surface area contributed by atoms with Crippen LogP contribution in [-0.4, -0.2) is 17.6 Å². The number of allylic oxidation sites excluding steroid dienone is 1. The Morgan fingerprint density at radius 1 is 1.09 bits per heavy atom. The van der Waals surface area contributed by atoms with Crippen molar-refractivity contribution in [1.82, 2.24) is 4.98 Å². The Labute approximate surface area is 194 Å². The standard InChI is InChI=1S/C27H21F4NO2/c1-15-9-21-20(24-14-34-26(33)23(24)12-22(21)25(28)10-15)8-7-19-6-5-17(13-32-19)16-3-2-4-18(11-16)27(29,30)31/h2-11,13,20,23-24H,12,14H2,1H3/b8-7+/t20-,23-,24+/m0/s1. The molecule has 1 fully saturated rings. The first kappa shape index (κ1) is 22.3. The maximum atomic E-state index is 14.7. The summed E-state index contributed by atoms with van der Waals surface area (Å²) in [5.41, 5.74) is 3.10. The highest BCUT2D eigenvalue weighted by molar-refractivity contribution is 5.76. The van der Waals surface area contributed by atoms with Crippen molar-refractivity contribution in [3.63, 3.8) is 0 Å². The first-order valence-electron chi connectivity index (χ1n) is 11.0. The molecule has 174 valence electrons. The van der Waals surface area contributed by atoms with Gasteiger partial charge in [0.05, 0.1) is 23.8 Å². The van der Waals surface area contributed by atoms with E-state index in [1.807, 2.05) is 19.1 Å². The van der Waals surface area contributed by atoms with Gasteiger partial charge in [-0.25, -0.2) is 4.39 Å². The summed E-state index contributed by atoms with van der Waals surface area (Å²) in [6.45, 7) is 2.12. The van der Waals surface area contributed by atoms with Crippen molar-refractivity contribution in [3.8, 4) is 11.1 Å². The molecule has 2 aromatic carbocycles. The van der Waals surface area contributed by atoms with Crippen LogP contribution < -0.4 is 0 Å². The Morgan fingerprint density at radius 3 is 2.65 bits per heavy atom. The number of esters is 1. The second kappa shape index (κ2) is 8.38. The van der Waals surface area contributed by atoms with E-state index in [4.69, 9.17) is 4.74 Å². The van der Waals surface area contributed by atoms with Crippen LogP contribution in [-0.2, 0) is 22.1 Å².